The number of nitrogens with two attached hydrogens (primary N) is 1. The van der Waals surface area contributed by atoms with E-state index >= 15 is 0 Å². The van der Waals surface area contributed by atoms with Gasteiger partial charge in [-0.3, -0.25) is 14.4 Å². The van der Waals surface area contributed by atoms with E-state index in [1.807, 2.05) is 31.2 Å². The van der Waals surface area contributed by atoms with E-state index in [2.05, 4.69) is 10.3 Å². The molecule has 1 saturated heterocycles. The minimum absolute atomic E-state index is 0.231. The minimum atomic E-state index is -4.64. The monoisotopic (exact) mass is 502 g/mol. The number of pyridine rings is 1. The number of aryl methyl sites for hydroxylation is 1. The lowest BCUT2D eigenvalue weighted by atomic mass is 9.90. The summed E-state index contributed by atoms with van der Waals surface area (Å²) in [5.41, 5.74) is 8.27. The first-order valence-electron chi connectivity index (χ1n) is 11.0. The van der Waals surface area contributed by atoms with Gasteiger partial charge in [-0.05, 0) is 61.5 Å². The Hall–Kier alpha value is -3.99. The fraction of sp³-hybridized carbons (Fsp3) is 0.280. The lowest BCUT2D eigenvalue weighted by Gasteiger charge is -2.34. The third-order valence-electron chi connectivity index (χ3n) is 5.67. The number of piperidine rings is 1. The van der Waals surface area contributed by atoms with Crippen molar-refractivity contribution in [2.75, 3.05) is 22.5 Å². The van der Waals surface area contributed by atoms with Crippen LogP contribution in [0.15, 0.2) is 54.7 Å². The largest absolute Gasteiger partial charge is 0.446 e. The Kier molecular flexibility index (Phi) is 8.25. The van der Waals surface area contributed by atoms with Crippen LogP contribution in [0.2, 0.25) is 0 Å². The Labute approximate surface area is 204 Å². The van der Waals surface area contributed by atoms with Crippen LogP contribution in [0.3, 0.4) is 0 Å². The minimum Gasteiger partial charge on any atom is -0.383 e. The number of anilines is 3. The Morgan fingerprint density at radius 3 is 2.53 bits per heavy atom. The Bertz CT molecular complexity index is 1250. The van der Waals surface area contributed by atoms with Crippen molar-refractivity contribution in [1.29, 1.82) is 0 Å². The maximum absolute atomic E-state index is 13.0. The summed E-state index contributed by atoms with van der Waals surface area (Å²) < 4.78 is 31.2. The third-order valence-corrected chi connectivity index (χ3v) is 5.67. The molecule has 1 aliphatic heterocycles. The molecule has 2 unspecified atom stereocenters. The molecule has 2 atom stereocenters. The standard InChI is InChI=1S/C23H24N4O3.C2HF3O/c1-14-4-7-17(8-5-14)27-12-2-3-19(23(27)30)20(28)22(29)26-16-6-9-18-15(13-16)10-11-25-21(18)24;3-2(4,5)1-6/h4-11,13,19-20,28H,2-3,12H2,1H3,(H2,24,25)(H,26,29);1H. The third kappa shape index (κ3) is 6.57. The molecule has 2 aromatic carbocycles. The van der Waals surface area contributed by atoms with Crippen LogP contribution in [-0.2, 0) is 14.4 Å². The number of fused-ring (bicyclic) bond motifs is 1. The molecule has 36 heavy (non-hydrogen) atoms. The summed E-state index contributed by atoms with van der Waals surface area (Å²) in [5, 5.41) is 15.0. The maximum Gasteiger partial charge on any atom is 0.446 e. The molecule has 4 N–H and O–H groups in total. The molecular formula is C25H25F3N4O4. The first-order chi connectivity index (χ1) is 17.0. The normalized spacial score (nSPS) is 16.6. The number of carbonyl (C=O) groups is 3. The first-order valence-corrected chi connectivity index (χ1v) is 11.0. The lowest BCUT2D eigenvalue weighted by molar-refractivity contribution is -0.156. The predicted octanol–water partition coefficient (Wildman–Crippen LogP) is 3.62. The number of aliphatic hydroxyl groups is 1. The molecule has 0 bridgehead atoms. The average molecular weight is 502 g/mol. The number of aliphatic hydroxyl groups excluding tert-OH is 1. The molecule has 8 nitrogen and oxygen atoms in total. The Morgan fingerprint density at radius 2 is 1.89 bits per heavy atom. The number of aldehydes is 1. The van der Waals surface area contributed by atoms with Gasteiger partial charge in [0.1, 0.15) is 11.9 Å². The van der Waals surface area contributed by atoms with Crippen LogP contribution in [-0.4, -0.2) is 47.0 Å². The summed E-state index contributed by atoms with van der Waals surface area (Å²) >= 11 is 0. The average Bonchev–Trinajstić information content (AvgIpc) is 2.84. The van der Waals surface area contributed by atoms with Crippen LogP contribution in [0.25, 0.3) is 10.8 Å². The molecule has 1 aromatic heterocycles. The number of benzene rings is 2. The van der Waals surface area contributed by atoms with Crippen LogP contribution < -0.4 is 16.0 Å². The number of amides is 2. The van der Waals surface area contributed by atoms with Gasteiger partial charge in [0.15, 0.2) is 0 Å². The zero-order valence-corrected chi connectivity index (χ0v) is 19.3. The van der Waals surface area contributed by atoms with E-state index in [4.69, 9.17) is 10.5 Å². The molecule has 190 valence electrons. The fourth-order valence-corrected chi connectivity index (χ4v) is 3.86. The highest BCUT2D eigenvalue weighted by molar-refractivity contribution is 6.03. The van der Waals surface area contributed by atoms with E-state index in [0.717, 1.165) is 28.4 Å². The summed E-state index contributed by atoms with van der Waals surface area (Å²) in [5.74, 6) is -1.19. The molecule has 0 aliphatic carbocycles. The van der Waals surface area contributed by atoms with Gasteiger partial charge in [-0.1, -0.05) is 17.7 Å². The van der Waals surface area contributed by atoms with Crippen molar-refractivity contribution >= 4 is 46.1 Å². The number of nitrogens with one attached hydrogen (secondary N) is 1. The number of halogens is 3. The highest BCUT2D eigenvalue weighted by atomic mass is 19.4. The quantitative estimate of drug-likeness (QED) is 0.468. The zero-order valence-electron chi connectivity index (χ0n) is 19.3. The summed E-state index contributed by atoms with van der Waals surface area (Å²) in [4.78, 5) is 40.1. The van der Waals surface area contributed by atoms with Gasteiger partial charge in [0.25, 0.3) is 5.91 Å². The zero-order chi connectivity index (χ0) is 26.5. The number of hydrogen-bond donors (Lipinski definition) is 3. The molecular weight excluding hydrogens is 477 g/mol. The van der Waals surface area contributed by atoms with Crippen molar-refractivity contribution < 1.29 is 32.7 Å². The Balaban J connectivity index is 0.000000538. The van der Waals surface area contributed by atoms with Gasteiger partial charge in [-0.15, -0.1) is 0 Å². The van der Waals surface area contributed by atoms with Crippen molar-refractivity contribution in [3.8, 4) is 0 Å². The van der Waals surface area contributed by atoms with Crippen molar-refractivity contribution in [3.05, 3.63) is 60.3 Å². The van der Waals surface area contributed by atoms with Gasteiger partial charge < -0.3 is 21.1 Å². The van der Waals surface area contributed by atoms with E-state index in [9.17, 15) is 27.9 Å². The second-order valence-corrected chi connectivity index (χ2v) is 8.30. The van der Waals surface area contributed by atoms with Gasteiger partial charge >= 0.3 is 6.18 Å². The van der Waals surface area contributed by atoms with Crippen molar-refractivity contribution in [3.63, 3.8) is 0 Å². The van der Waals surface area contributed by atoms with Crippen molar-refractivity contribution in [2.24, 2.45) is 5.92 Å². The van der Waals surface area contributed by atoms with Crippen LogP contribution in [0.5, 0.6) is 0 Å². The molecule has 0 spiro atoms. The van der Waals surface area contributed by atoms with Gasteiger partial charge in [-0.25, -0.2) is 4.98 Å². The number of hydrogen-bond acceptors (Lipinski definition) is 6. The first kappa shape index (κ1) is 26.6. The topological polar surface area (TPSA) is 126 Å². The number of aromatic nitrogens is 1. The summed E-state index contributed by atoms with van der Waals surface area (Å²) in [6, 6.07) is 14.7. The molecule has 2 heterocycles. The molecule has 3 aromatic rings. The summed E-state index contributed by atoms with van der Waals surface area (Å²) in [6.07, 6.45) is -4.35. The molecule has 0 saturated carbocycles. The molecule has 1 fully saturated rings. The van der Waals surface area contributed by atoms with E-state index in [1.54, 1.807) is 35.4 Å². The van der Waals surface area contributed by atoms with Crippen LogP contribution in [0, 0.1) is 12.8 Å². The maximum atomic E-state index is 13.0. The van der Waals surface area contributed by atoms with Crippen LogP contribution in [0.1, 0.15) is 18.4 Å². The number of rotatable bonds is 4. The second-order valence-electron chi connectivity index (χ2n) is 8.30. The van der Waals surface area contributed by atoms with Gasteiger partial charge in [0.05, 0.1) is 5.92 Å². The Morgan fingerprint density at radius 1 is 1.22 bits per heavy atom. The SMILES string of the molecule is Cc1ccc(N2CCCC(C(O)C(=O)Nc3ccc4c(N)nccc4c3)C2=O)cc1.O=CC(F)(F)F. The molecule has 1 aliphatic rings. The number of alkyl halides is 3. The summed E-state index contributed by atoms with van der Waals surface area (Å²) in [7, 11) is 0. The van der Waals surface area contributed by atoms with Crippen molar-refractivity contribution in [2.45, 2.75) is 32.0 Å². The van der Waals surface area contributed by atoms with E-state index in [0.29, 0.717) is 24.5 Å². The van der Waals surface area contributed by atoms with E-state index in [-0.39, 0.29) is 5.91 Å². The summed E-state index contributed by atoms with van der Waals surface area (Å²) in [6.45, 7) is 2.56. The highest BCUT2D eigenvalue weighted by Crippen LogP contribution is 2.28. The van der Waals surface area contributed by atoms with Gasteiger partial charge in [0, 0.05) is 29.5 Å². The lowest BCUT2D eigenvalue weighted by Crippen LogP contribution is -2.49. The second kappa shape index (κ2) is 11.2. The van der Waals surface area contributed by atoms with Crippen molar-refractivity contribution in [1.82, 2.24) is 4.98 Å². The predicted molar refractivity (Wildman–Crippen MR) is 129 cm³/mol. The van der Waals surface area contributed by atoms with Crippen LogP contribution >= 0.6 is 0 Å². The fourth-order valence-electron chi connectivity index (χ4n) is 3.86. The van der Waals surface area contributed by atoms with E-state index in [1.165, 1.54) is 0 Å². The highest BCUT2D eigenvalue weighted by Gasteiger charge is 2.38. The van der Waals surface area contributed by atoms with Gasteiger partial charge in [0.2, 0.25) is 12.2 Å². The number of nitrogen functional groups attached to an aromatic ring is 1. The number of nitrogens with zero attached hydrogens (tertiary/aromatic N) is 2. The molecule has 4 rings (SSSR count). The number of carbonyl (C=O) groups excluding carboxylic acids is 3. The molecule has 2 amide bonds. The van der Waals surface area contributed by atoms with E-state index < -0.39 is 30.4 Å². The smallest absolute Gasteiger partial charge is 0.383 e. The van der Waals surface area contributed by atoms with Crippen LogP contribution in [0.4, 0.5) is 30.4 Å². The molecule has 0 radical (unpaired) electrons. The molecule has 11 heteroatoms. The van der Waals surface area contributed by atoms with Gasteiger partial charge in [-0.2, -0.15) is 13.2 Å².